The Hall–Kier alpha value is -1.77. The van der Waals surface area contributed by atoms with Crippen molar-refractivity contribution in [3.63, 3.8) is 0 Å². The van der Waals surface area contributed by atoms with Gasteiger partial charge in [-0.2, -0.15) is 16.1 Å². The molecule has 0 aliphatic rings. The number of sulfonamides is 1. The molecule has 0 aromatic heterocycles. The summed E-state index contributed by atoms with van der Waals surface area (Å²) in [6.45, 7) is 3.47. The summed E-state index contributed by atoms with van der Waals surface area (Å²) in [5, 5.41) is 17.2. The molecular formula is C17H26N2O6S2. The van der Waals surface area contributed by atoms with E-state index in [1.165, 1.54) is 41.5 Å². The summed E-state index contributed by atoms with van der Waals surface area (Å²) >= 11 is 1.44. The fraction of sp³-hybridized carbons (Fsp3) is 0.471. The largest absolute Gasteiger partial charge is 0.481 e. The van der Waals surface area contributed by atoms with Gasteiger partial charge >= 0.3 is 0 Å². The highest BCUT2D eigenvalue weighted by molar-refractivity contribution is 7.98. The molecule has 0 aliphatic carbocycles. The van der Waals surface area contributed by atoms with E-state index in [1.807, 2.05) is 20.1 Å². The average Bonchev–Trinajstić information content (AvgIpc) is 2.70. The fourth-order valence-electron chi connectivity index (χ4n) is 1.76. The predicted octanol–water partition coefficient (Wildman–Crippen LogP) is 0.946. The Morgan fingerprint density at radius 3 is 2.41 bits per heavy atom. The Morgan fingerprint density at radius 1 is 1.26 bits per heavy atom. The maximum absolute atomic E-state index is 12.7. The van der Waals surface area contributed by atoms with Crippen molar-refractivity contribution in [1.82, 2.24) is 9.79 Å². The zero-order chi connectivity index (χ0) is 20.7. The first kappa shape index (κ1) is 25.2. The van der Waals surface area contributed by atoms with Crippen LogP contribution in [0.3, 0.4) is 0 Å². The molecule has 8 nitrogen and oxygen atoms in total. The summed E-state index contributed by atoms with van der Waals surface area (Å²) < 4.78 is 31.6. The van der Waals surface area contributed by atoms with Crippen molar-refractivity contribution in [1.29, 1.82) is 0 Å². The zero-order valence-electron chi connectivity index (χ0n) is 15.6. The molecule has 3 N–H and O–H groups in total. The average molecular weight is 419 g/mol. The van der Waals surface area contributed by atoms with Gasteiger partial charge in [-0.3, -0.25) is 10.0 Å². The topological polar surface area (TPSA) is 116 Å². The molecule has 1 aromatic carbocycles. The molecule has 10 heteroatoms. The van der Waals surface area contributed by atoms with Gasteiger partial charge in [0, 0.05) is 12.3 Å². The lowest BCUT2D eigenvalue weighted by Gasteiger charge is -2.21. The molecule has 0 atom stereocenters. The lowest BCUT2D eigenvalue weighted by molar-refractivity contribution is -0.129. The van der Waals surface area contributed by atoms with Crippen LogP contribution in [0.5, 0.6) is 5.75 Å². The molecule has 1 aromatic rings. The van der Waals surface area contributed by atoms with Gasteiger partial charge in [-0.15, -0.1) is 0 Å². The molecule has 0 unspecified atom stereocenters. The number of hydrogen-bond acceptors (Lipinski definition) is 7. The Bertz CT molecular complexity index is 711. The number of carbonyl (C=O) groups is 1. The number of hydrogen-bond donors (Lipinski definition) is 3. The summed E-state index contributed by atoms with van der Waals surface area (Å²) in [5.74, 6) is 5.12. The van der Waals surface area contributed by atoms with Crippen LogP contribution >= 0.6 is 11.8 Å². The van der Waals surface area contributed by atoms with Gasteiger partial charge in [0.15, 0.2) is 0 Å². The van der Waals surface area contributed by atoms with Crippen molar-refractivity contribution in [2.24, 2.45) is 0 Å². The highest BCUT2D eigenvalue weighted by Gasteiger charge is 2.26. The number of aliphatic hydroxyl groups excluding tert-OH is 1. The molecular weight excluding hydrogens is 392 g/mol. The van der Waals surface area contributed by atoms with Crippen molar-refractivity contribution in [3.05, 3.63) is 24.3 Å². The summed E-state index contributed by atoms with van der Waals surface area (Å²) in [6.07, 6.45) is 1.82. The smallest absolute Gasteiger partial charge is 0.258 e. The van der Waals surface area contributed by atoms with Gasteiger partial charge in [-0.1, -0.05) is 25.7 Å². The van der Waals surface area contributed by atoms with Crippen LogP contribution in [0.2, 0.25) is 0 Å². The van der Waals surface area contributed by atoms with Crippen LogP contribution in [0.25, 0.3) is 0 Å². The molecule has 0 spiro atoms. The molecule has 1 amide bonds. The molecule has 0 radical (unpaired) electrons. The van der Waals surface area contributed by atoms with E-state index in [0.717, 1.165) is 4.31 Å². The van der Waals surface area contributed by atoms with Crippen LogP contribution in [0, 0.1) is 11.8 Å². The Morgan fingerprint density at radius 2 is 1.89 bits per heavy atom. The quantitative estimate of drug-likeness (QED) is 0.311. The van der Waals surface area contributed by atoms with Crippen LogP contribution in [0.15, 0.2) is 29.2 Å². The monoisotopic (exact) mass is 418 g/mol. The van der Waals surface area contributed by atoms with Crippen molar-refractivity contribution in [3.8, 4) is 17.6 Å². The number of hydroxylamine groups is 1. The summed E-state index contributed by atoms with van der Waals surface area (Å²) in [5.41, 5.74) is 1.44. The Balaban J connectivity index is 0.00000326. The number of nitrogens with one attached hydrogen (secondary N) is 1. The lowest BCUT2D eigenvalue weighted by Crippen LogP contribution is -2.40. The van der Waals surface area contributed by atoms with Crippen LogP contribution < -0.4 is 10.2 Å². The lowest BCUT2D eigenvalue weighted by atomic mass is 10.3. The first-order valence-corrected chi connectivity index (χ1v) is 11.0. The van der Waals surface area contributed by atoms with E-state index < -0.39 is 22.5 Å². The number of rotatable bonds is 9. The number of thioether (sulfide) groups is 1. The predicted molar refractivity (Wildman–Crippen MR) is 105 cm³/mol. The van der Waals surface area contributed by atoms with E-state index in [4.69, 9.17) is 15.1 Å². The second-order valence-electron chi connectivity index (χ2n) is 4.64. The van der Waals surface area contributed by atoms with Crippen LogP contribution in [0.4, 0.5) is 0 Å². The minimum absolute atomic E-state index is 0.00753. The minimum Gasteiger partial charge on any atom is -0.481 e. The van der Waals surface area contributed by atoms with Crippen LogP contribution in [-0.4, -0.2) is 67.3 Å². The maximum atomic E-state index is 12.7. The van der Waals surface area contributed by atoms with Crippen molar-refractivity contribution in [2.45, 2.75) is 18.7 Å². The fourth-order valence-corrected chi connectivity index (χ4v) is 3.67. The van der Waals surface area contributed by atoms with E-state index in [-0.39, 0.29) is 24.7 Å². The third-order valence-corrected chi connectivity index (χ3v) is 5.42. The van der Waals surface area contributed by atoms with Gasteiger partial charge in [0.2, 0.25) is 10.0 Å². The molecule has 0 bridgehead atoms. The van der Waals surface area contributed by atoms with E-state index in [0.29, 0.717) is 11.5 Å². The zero-order valence-corrected chi connectivity index (χ0v) is 17.3. The molecule has 0 heterocycles. The van der Waals surface area contributed by atoms with Gasteiger partial charge in [0.25, 0.3) is 5.91 Å². The van der Waals surface area contributed by atoms with E-state index in [9.17, 15) is 13.2 Å². The van der Waals surface area contributed by atoms with E-state index in [2.05, 4.69) is 11.8 Å². The maximum Gasteiger partial charge on any atom is 0.258 e. The minimum atomic E-state index is -3.89. The van der Waals surface area contributed by atoms with Crippen LogP contribution in [-0.2, 0) is 14.8 Å². The van der Waals surface area contributed by atoms with Crippen LogP contribution in [0.1, 0.15) is 13.8 Å². The molecule has 0 aliphatic heterocycles. The van der Waals surface area contributed by atoms with Gasteiger partial charge < -0.3 is 9.84 Å². The van der Waals surface area contributed by atoms with Gasteiger partial charge in [-0.05, 0) is 30.5 Å². The second-order valence-corrected chi connectivity index (χ2v) is 7.56. The molecule has 0 saturated heterocycles. The molecule has 0 saturated carbocycles. The van der Waals surface area contributed by atoms with Gasteiger partial charge in [-0.25, -0.2) is 13.9 Å². The first-order chi connectivity index (χ1) is 13.0. The highest BCUT2D eigenvalue weighted by Crippen LogP contribution is 2.20. The van der Waals surface area contributed by atoms with Crippen molar-refractivity contribution < 1.29 is 28.3 Å². The van der Waals surface area contributed by atoms with Crippen molar-refractivity contribution >= 4 is 27.7 Å². The number of carbonyl (C=O) groups excluding carboxylic acids is 1. The summed E-state index contributed by atoms with van der Waals surface area (Å²) in [6, 6.07) is 5.69. The normalized spacial score (nSPS) is 10.3. The number of amides is 1. The summed E-state index contributed by atoms with van der Waals surface area (Å²) in [7, 11) is -3.89. The number of aliphatic hydroxyl groups is 1. The molecule has 152 valence electrons. The second kappa shape index (κ2) is 14.3. The Labute approximate surface area is 164 Å². The van der Waals surface area contributed by atoms with Crippen molar-refractivity contribution in [2.75, 3.05) is 38.3 Å². The third-order valence-electron chi connectivity index (χ3n) is 2.97. The Kier molecular flexibility index (Phi) is 13.4. The standard InChI is InChI=1S/C15H20N2O6S2.C2H6/c1-24-11-8-17(12-15(19)16-20)25(21,22)14-6-4-13(5-7-14)23-10-3-2-9-18;1-2/h4-7,18,20H,8-12H2,1H3,(H,16,19);1-2H3. The van der Waals surface area contributed by atoms with E-state index in [1.54, 1.807) is 0 Å². The number of benzene rings is 1. The molecule has 27 heavy (non-hydrogen) atoms. The van der Waals surface area contributed by atoms with Gasteiger partial charge in [0.05, 0.1) is 11.4 Å². The summed E-state index contributed by atoms with van der Waals surface area (Å²) in [4.78, 5) is 11.4. The number of nitrogens with zero attached hydrogens (tertiary/aromatic N) is 1. The first-order valence-electron chi connectivity index (χ1n) is 8.17. The SMILES string of the molecule is CC.CSCCN(CC(=O)NO)S(=O)(=O)c1ccc(OCC#CCO)cc1. The van der Waals surface area contributed by atoms with E-state index >= 15 is 0 Å². The van der Waals surface area contributed by atoms with Gasteiger partial charge in [0.1, 0.15) is 19.0 Å². The third kappa shape index (κ3) is 9.12. The highest BCUT2D eigenvalue weighted by atomic mass is 32.2. The molecule has 1 rings (SSSR count). The molecule has 0 fully saturated rings. The number of ether oxygens (including phenoxy) is 1.